The molecule has 0 heterocycles. The standard InChI is InChI=1S/C10H16O2/c1-10(12-2)8-5-3-4-7(8)6-9(10)11/h7-8H,3-6H2,1-2H3/t7-,8-,10+/m0/s1. The van der Waals surface area contributed by atoms with E-state index in [-0.39, 0.29) is 0 Å². The summed E-state index contributed by atoms with van der Waals surface area (Å²) >= 11 is 0. The lowest BCUT2D eigenvalue weighted by molar-refractivity contribution is -0.138. The molecule has 0 N–H and O–H groups in total. The number of hydrogen-bond donors (Lipinski definition) is 0. The Morgan fingerprint density at radius 3 is 2.92 bits per heavy atom. The summed E-state index contributed by atoms with van der Waals surface area (Å²) in [4.78, 5) is 11.6. The van der Waals surface area contributed by atoms with E-state index in [0.29, 0.717) is 17.6 Å². The van der Waals surface area contributed by atoms with Crippen molar-refractivity contribution in [2.45, 2.75) is 38.2 Å². The summed E-state index contributed by atoms with van der Waals surface area (Å²) in [5.41, 5.74) is -0.443. The average molecular weight is 168 g/mol. The third kappa shape index (κ3) is 0.875. The smallest absolute Gasteiger partial charge is 0.164 e. The Morgan fingerprint density at radius 2 is 2.25 bits per heavy atom. The zero-order valence-corrected chi connectivity index (χ0v) is 7.80. The van der Waals surface area contributed by atoms with Gasteiger partial charge in [0.15, 0.2) is 5.78 Å². The van der Waals surface area contributed by atoms with Gasteiger partial charge < -0.3 is 4.74 Å². The number of hydrogen-bond acceptors (Lipinski definition) is 2. The Bertz CT molecular complexity index is 212. The fourth-order valence-corrected chi connectivity index (χ4v) is 2.92. The summed E-state index contributed by atoms with van der Waals surface area (Å²) < 4.78 is 5.38. The number of ketones is 1. The number of rotatable bonds is 1. The van der Waals surface area contributed by atoms with Gasteiger partial charge in [0, 0.05) is 13.5 Å². The van der Waals surface area contributed by atoms with E-state index in [0.717, 1.165) is 6.42 Å². The van der Waals surface area contributed by atoms with Crippen molar-refractivity contribution >= 4 is 5.78 Å². The van der Waals surface area contributed by atoms with E-state index in [1.54, 1.807) is 7.11 Å². The fraction of sp³-hybridized carbons (Fsp3) is 0.900. The van der Waals surface area contributed by atoms with Crippen LogP contribution in [0.25, 0.3) is 0 Å². The first kappa shape index (κ1) is 8.24. The molecule has 0 aliphatic heterocycles. The molecule has 0 amide bonds. The van der Waals surface area contributed by atoms with Crippen LogP contribution in [-0.2, 0) is 9.53 Å². The molecule has 2 rings (SSSR count). The third-order valence-electron chi connectivity index (χ3n) is 3.79. The van der Waals surface area contributed by atoms with Crippen molar-refractivity contribution < 1.29 is 9.53 Å². The SMILES string of the molecule is CO[C@@]1(C)C(=O)C[C@@H]2CCC[C@@H]21. The topological polar surface area (TPSA) is 26.3 Å². The fourth-order valence-electron chi connectivity index (χ4n) is 2.92. The molecule has 12 heavy (non-hydrogen) atoms. The molecule has 0 spiro atoms. The summed E-state index contributed by atoms with van der Waals surface area (Å²) in [6, 6.07) is 0. The van der Waals surface area contributed by atoms with E-state index in [9.17, 15) is 4.79 Å². The summed E-state index contributed by atoms with van der Waals surface area (Å²) in [6.07, 6.45) is 4.45. The number of carbonyl (C=O) groups is 1. The number of Topliss-reactive ketones (excluding diaryl/α,β-unsaturated/α-hetero) is 1. The second-order valence-electron chi connectivity index (χ2n) is 4.24. The van der Waals surface area contributed by atoms with Crippen LogP contribution in [0.3, 0.4) is 0 Å². The Balaban J connectivity index is 2.26. The molecule has 2 heteroatoms. The van der Waals surface area contributed by atoms with Crippen LogP contribution in [0.4, 0.5) is 0 Å². The lowest BCUT2D eigenvalue weighted by atomic mass is 9.89. The molecule has 2 fully saturated rings. The van der Waals surface area contributed by atoms with Crippen LogP contribution in [-0.4, -0.2) is 18.5 Å². The average Bonchev–Trinajstić information content (AvgIpc) is 2.57. The normalized spacial score (nSPS) is 46.7. The molecular formula is C10H16O2. The monoisotopic (exact) mass is 168 g/mol. The van der Waals surface area contributed by atoms with Gasteiger partial charge in [-0.15, -0.1) is 0 Å². The van der Waals surface area contributed by atoms with Crippen molar-refractivity contribution in [2.24, 2.45) is 11.8 Å². The first-order valence-corrected chi connectivity index (χ1v) is 4.77. The maximum atomic E-state index is 11.6. The van der Waals surface area contributed by atoms with Crippen LogP contribution in [0.5, 0.6) is 0 Å². The van der Waals surface area contributed by atoms with Gasteiger partial charge in [0.25, 0.3) is 0 Å². The predicted molar refractivity (Wildman–Crippen MR) is 45.9 cm³/mol. The van der Waals surface area contributed by atoms with Crippen molar-refractivity contribution in [3.8, 4) is 0 Å². The van der Waals surface area contributed by atoms with E-state index in [4.69, 9.17) is 4.74 Å². The van der Waals surface area contributed by atoms with Gasteiger partial charge >= 0.3 is 0 Å². The number of fused-ring (bicyclic) bond motifs is 1. The lowest BCUT2D eigenvalue weighted by Crippen LogP contribution is -2.38. The van der Waals surface area contributed by atoms with Crippen LogP contribution >= 0.6 is 0 Å². The molecule has 2 aliphatic rings. The van der Waals surface area contributed by atoms with Crippen molar-refractivity contribution in [3.63, 3.8) is 0 Å². The van der Waals surface area contributed by atoms with Gasteiger partial charge in [0.2, 0.25) is 0 Å². The zero-order chi connectivity index (χ0) is 8.77. The molecule has 2 saturated carbocycles. The number of carbonyl (C=O) groups excluding carboxylic acids is 1. The number of ether oxygens (including phenoxy) is 1. The number of methoxy groups -OCH3 is 1. The highest BCUT2D eigenvalue weighted by Crippen LogP contribution is 2.49. The summed E-state index contributed by atoms with van der Waals surface area (Å²) in [7, 11) is 1.67. The molecule has 0 aromatic heterocycles. The van der Waals surface area contributed by atoms with Gasteiger partial charge in [-0.3, -0.25) is 4.79 Å². The van der Waals surface area contributed by atoms with Crippen LogP contribution < -0.4 is 0 Å². The highest BCUT2D eigenvalue weighted by atomic mass is 16.5. The maximum absolute atomic E-state index is 11.6. The minimum absolute atomic E-state index is 0.319. The van der Waals surface area contributed by atoms with Crippen molar-refractivity contribution in [1.29, 1.82) is 0 Å². The molecule has 0 aromatic carbocycles. The Morgan fingerprint density at radius 1 is 1.50 bits per heavy atom. The molecule has 2 aliphatic carbocycles. The van der Waals surface area contributed by atoms with Crippen molar-refractivity contribution in [2.75, 3.05) is 7.11 Å². The van der Waals surface area contributed by atoms with Crippen LogP contribution in [0.2, 0.25) is 0 Å². The van der Waals surface area contributed by atoms with E-state index in [1.807, 2.05) is 6.92 Å². The molecule has 0 unspecified atom stereocenters. The molecule has 0 radical (unpaired) electrons. The zero-order valence-electron chi connectivity index (χ0n) is 7.80. The lowest BCUT2D eigenvalue weighted by Gasteiger charge is -2.27. The van der Waals surface area contributed by atoms with Crippen LogP contribution in [0.1, 0.15) is 32.6 Å². The maximum Gasteiger partial charge on any atom is 0.164 e. The van der Waals surface area contributed by atoms with Gasteiger partial charge in [0.05, 0.1) is 0 Å². The Hall–Kier alpha value is -0.370. The van der Waals surface area contributed by atoms with Crippen LogP contribution in [0, 0.1) is 11.8 Å². The first-order valence-electron chi connectivity index (χ1n) is 4.77. The van der Waals surface area contributed by atoms with E-state index >= 15 is 0 Å². The summed E-state index contributed by atoms with van der Waals surface area (Å²) in [5.74, 6) is 1.46. The largest absolute Gasteiger partial charge is 0.370 e. The van der Waals surface area contributed by atoms with E-state index in [2.05, 4.69) is 0 Å². The Labute approximate surface area is 73.3 Å². The minimum atomic E-state index is -0.443. The summed E-state index contributed by atoms with van der Waals surface area (Å²) in [6.45, 7) is 1.96. The van der Waals surface area contributed by atoms with Gasteiger partial charge in [-0.25, -0.2) is 0 Å². The van der Waals surface area contributed by atoms with Crippen molar-refractivity contribution in [1.82, 2.24) is 0 Å². The third-order valence-corrected chi connectivity index (χ3v) is 3.79. The van der Waals surface area contributed by atoms with E-state index < -0.39 is 5.60 Å². The van der Waals surface area contributed by atoms with Crippen LogP contribution in [0.15, 0.2) is 0 Å². The molecule has 0 aromatic rings. The van der Waals surface area contributed by atoms with E-state index in [1.165, 1.54) is 19.3 Å². The molecule has 68 valence electrons. The second-order valence-corrected chi connectivity index (χ2v) is 4.24. The second kappa shape index (κ2) is 2.56. The molecule has 3 atom stereocenters. The van der Waals surface area contributed by atoms with Gasteiger partial charge in [-0.2, -0.15) is 0 Å². The van der Waals surface area contributed by atoms with Crippen molar-refractivity contribution in [3.05, 3.63) is 0 Å². The van der Waals surface area contributed by atoms with Gasteiger partial charge in [0.1, 0.15) is 5.60 Å². The molecular weight excluding hydrogens is 152 g/mol. The molecule has 0 bridgehead atoms. The van der Waals surface area contributed by atoms with Gasteiger partial charge in [-0.05, 0) is 31.6 Å². The summed E-state index contributed by atoms with van der Waals surface area (Å²) in [5, 5.41) is 0. The first-order chi connectivity index (χ1) is 5.68. The van der Waals surface area contributed by atoms with Gasteiger partial charge in [-0.1, -0.05) is 6.42 Å². The molecule has 2 nitrogen and oxygen atoms in total. The Kier molecular flexibility index (Phi) is 1.76. The quantitative estimate of drug-likeness (QED) is 0.596. The highest BCUT2D eigenvalue weighted by molar-refractivity contribution is 5.90. The predicted octanol–water partition coefficient (Wildman–Crippen LogP) is 1.78. The highest BCUT2D eigenvalue weighted by Gasteiger charge is 2.53. The minimum Gasteiger partial charge on any atom is -0.370 e. The molecule has 0 saturated heterocycles.